The average Bonchev–Trinajstić information content (AvgIpc) is 2.99. The molecule has 0 aliphatic heterocycles. The lowest BCUT2D eigenvalue weighted by molar-refractivity contribution is 0.568. The SMILES string of the molecule is Br.CC(C)(C)c1cc(-c2cc(-c3cccc(-c4ccccc4)c3)cc(-c3cc(C(C)(C)C)cc(C(C)(C)C)c3)c2)cc(C(C)(C)C)c1. The molecule has 47 heavy (non-hydrogen) atoms. The summed E-state index contributed by atoms with van der Waals surface area (Å²) in [5.41, 5.74) is 15.7. The van der Waals surface area contributed by atoms with Crippen LogP contribution in [0.25, 0.3) is 44.5 Å². The molecule has 246 valence electrons. The topological polar surface area (TPSA) is 0 Å². The second kappa shape index (κ2) is 13.2. The molecule has 0 N–H and O–H groups in total. The van der Waals surface area contributed by atoms with Crippen molar-refractivity contribution in [1.29, 1.82) is 0 Å². The van der Waals surface area contributed by atoms with Crippen molar-refractivity contribution in [3.05, 3.63) is 131 Å². The Kier molecular flexibility index (Phi) is 10.3. The smallest absolute Gasteiger partial charge is 0.0132 e. The van der Waals surface area contributed by atoms with Gasteiger partial charge in [0.2, 0.25) is 0 Å². The van der Waals surface area contributed by atoms with Gasteiger partial charge in [0.25, 0.3) is 0 Å². The van der Waals surface area contributed by atoms with Gasteiger partial charge in [0.15, 0.2) is 0 Å². The van der Waals surface area contributed by atoms with E-state index in [2.05, 4.69) is 192 Å². The Morgan fingerprint density at radius 2 is 0.511 bits per heavy atom. The second-order valence-electron chi connectivity index (χ2n) is 17.3. The van der Waals surface area contributed by atoms with Crippen molar-refractivity contribution in [2.75, 3.05) is 0 Å². The molecule has 0 heterocycles. The minimum Gasteiger partial charge on any atom is -0.114 e. The summed E-state index contributed by atoms with van der Waals surface area (Å²) in [6, 6.07) is 41.5. The van der Waals surface area contributed by atoms with Gasteiger partial charge in [0.05, 0.1) is 0 Å². The minimum absolute atomic E-state index is 0. The first-order valence-electron chi connectivity index (χ1n) is 16.9. The van der Waals surface area contributed by atoms with Crippen LogP contribution in [0.5, 0.6) is 0 Å². The Morgan fingerprint density at radius 3 is 0.851 bits per heavy atom. The molecule has 5 rings (SSSR count). The summed E-state index contributed by atoms with van der Waals surface area (Å²) in [6.07, 6.45) is 0. The van der Waals surface area contributed by atoms with Gasteiger partial charge in [-0.1, -0.05) is 168 Å². The van der Waals surface area contributed by atoms with Crippen LogP contribution in [0.2, 0.25) is 0 Å². The van der Waals surface area contributed by atoms with E-state index < -0.39 is 0 Å². The van der Waals surface area contributed by atoms with Crippen molar-refractivity contribution >= 4 is 17.0 Å². The van der Waals surface area contributed by atoms with Crippen LogP contribution in [0.3, 0.4) is 0 Å². The van der Waals surface area contributed by atoms with Gasteiger partial charge in [-0.3, -0.25) is 0 Å². The molecule has 0 amide bonds. The van der Waals surface area contributed by atoms with E-state index in [4.69, 9.17) is 0 Å². The maximum atomic E-state index is 2.42. The number of rotatable bonds is 4. The first-order valence-corrected chi connectivity index (χ1v) is 16.9. The van der Waals surface area contributed by atoms with Gasteiger partial charge in [-0.2, -0.15) is 0 Å². The van der Waals surface area contributed by atoms with E-state index in [9.17, 15) is 0 Å². The summed E-state index contributed by atoms with van der Waals surface area (Å²) < 4.78 is 0. The molecule has 0 aliphatic rings. The van der Waals surface area contributed by atoms with E-state index in [0.717, 1.165) is 0 Å². The van der Waals surface area contributed by atoms with Gasteiger partial charge in [0.1, 0.15) is 0 Å². The highest BCUT2D eigenvalue weighted by Crippen LogP contribution is 2.40. The third kappa shape index (κ3) is 8.55. The molecular weight excluding hydrogens is 632 g/mol. The van der Waals surface area contributed by atoms with E-state index in [1.54, 1.807) is 0 Å². The van der Waals surface area contributed by atoms with Crippen LogP contribution in [0, 0.1) is 0 Å². The van der Waals surface area contributed by atoms with Gasteiger partial charge < -0.3 is 0 Å². The second-order valence-corrected chi connectivity index (χ2v) is 17.3. The number of benzene rings is 5. The molecule has 0 saturated heterocycles. The van der Waals surface area contributed by atoms with E-state index in [0.29, 0.717) is 0 Å². The molecule has 0 unspecified atom stereocenters. The first-order chi connectivity index (χ1) is 21.3. The van der Waals surface area contributed by atoms with Crippen molar-refractivity contribution in [2.45, 2.75) is 105 Å². The Labute approximate surface area is 296 Å². The summed E-state index contributed by atoms with van der Waals surface area (Å²) in [5, 5.41) is 0. The van der Waals surface area contributed by atoms with E-state index >= 15 is 0 Å². The van der Waals surface area contributed by atoms with E-state index in [-0.39, 0.29) is 38.6 Å². The third-order valence-electron chi connectivity index (χ3n) is 9.23. The van der Waals surface area contributed by atoms with Crippen LogP contribution in [0.4, 0.5) is 0 Å². The highest BCUT2D eigenvalue weighted by Gasteiger charge is 2.23. The van der Waals surface area contributed by atoms with Crippen LogP contribution in [-0.4, -0.2) is 0 Å². The average molecular weight is 688 g/mol. The molecule has 0 saturated carbocycles. The molecule has 0 aliphatic carbocycles. The molecule has 0 bridgehead atoms. The largest absolute Gasteiger partial charge is 0.114 e. The summed E-state index contributed by atoms with van der Waals surface area (Å²) in [5.74, 6) is 0. The monoisotopic (exact) mass is 686 g/mol. The van der Waals surface area contributed by atoms with Crippen LogP contribution in [0.15, 0.2) is 109 Å². The summed E-state index contributed by atoms with van der Waals surface area (Å²) in [7, 11) is 0. The number of halogens is 1. The van der Waals surface area contributed by atoms with Crippen LogP contribution in [0.1, 0.15) is 105 Å². The van der Waals surface area contributed by atoms with Crippen molar-refractivity contribution in [3.8, 4) is 44.5 Å². The zero-order chi connectivity index (χ0) is 33.7. The van der Waals surface area contributed by atoms with Gasteiger partial charge in [-0.05, 0) is 113 Å². The summed E-state index contributed by atoms with van der Waals surface area (Å²) in [6.45, 7) is 27.9. The van der Waals surface area contributed by atoms with Crippen molar-refractivity contribution in [1.82, 2.24) is 0 Å². The normalized spacial score (nSPS) is 12.5. The molecule has 1 heteroatoms. The van der Waals surface area contributed by atoms with Crippen molar-refractivity contribution < 1.29 is 0 Å². The van der Waals surface area contributed by atoms with Gasteiger partial charge in [-0.15, -0.1) is 17.0 Å². The molecular formula is C46H55Br. The lowest BCUT2D eigenvalue weighted by atomic mass is 9.78. The fourth-order valence-corrected chi connectivity index (χ4v) is 5.96. The van der Waals surface area contributed by atoms with Gasteiger partial charge in [-0.25, -0.2) is 0 Å². The summed E-state index contributed by atoms with van der Waals surface area (Å²) >= 11 is 0. The molecule has 0 aromatic heterocycles. The molecule has 0 nitrogen and oxygen atoms in total. The van der Waals surface area contributed by atoms with Crippen LogP contribution >= 0.6 is 17.0 Å². The lowest BCUT2D eigenvalue weighted by Crippen LogP contribution is -2.16. The maximum Gasteiger partial charge on any atom is -0.0132 e. The fourth-order valence-electron chi connectivity index (χ4n) is 5.96. The zero-order valence-electron chi connectivity index (χ0n) is 30.8. The maximum absolute atomic E-state index is 2.42. The Hall–Kier alpha value is -3.42. The Morgan fingerprint density at radius 1 is 0.255 bits per heavy atom. The third-order valence-corrected chi connectivity index (χ3v) is 9.23. The Bertz CT molecular complexity index is 1690. The highest BCUT2D eigenvalue weighted by molar-refractivity contribution is 8.93. The number of hydrogen-bond donors (Lipinski definition) is 0. The number of hydrogen-bond acceptors (Lipinski definition) is 0. The van der Waals surface area contributed by atoms with E-state index in [1.165, 1.54) is 66.8 Å². The molecule has 0 fully saturated rings. The first kappa shape index (κ1) is 36.4. The molecule has 0 radical (unpaired) electrons. The molecule has 0 spiro atoms. The predicted molar refractivity (Wildman–Crippen MR) is 213 cm³/mol. The van der Waals surface area contributed by atoms with Crippen molar-refractivity contribution in [2.24, 2.45) is 0 Å². The van der Waals surface area contributed by atoms with Crippen molar-refractivity contribution in [3.63, 3.8) is 0 Å². The standard InChI is InChI=1S/C46H54.BrH/c1-43(2,3)39-25-37(26-40(29-39)44(4,5)6)35-22-34(33-20-16-19-32(21-33)31-17-14-13-15-18-31)23-36(24-35)38-27-41(45(7,8)9)30-42(28-38)46(10,11)12;/h13-30H,1-12H3;1H. The van der Waals surface area contributed by atoms with Gasteiger partial charge in [0, 0.05) is 0 Å². The molecule has 5 aromatic rings. The molecule has 0 atom stereocenters. The molecule has 5 aromatic carbocycles. The fraction of sp³-hybridized carbons (Fsp3) is 0.348. The minimum atomic E-state index is 0. The predicted octanol–water partition coefficient (Wildman–Crippen LogP) is 14.1. The quantitative estimate of drug-likeness (QED) is 0.176. The highest BCUT2D eigenvalue weighted by atomic mass is 79.9. The van der Waals surface area contributed by atoms with Crippen LogP contribution in [-0.2, 0) is 21.7 Å². The Balaban J connectivity index is 0.00000500. The summed E-state index contributed by atoms with van der Waals surface area (Å²) in [4.78, 5) is 0. The lowest BCUT2D eigenvalue weighted by Gasteiger charge is -2.27. The van der Waals surface area contributed by atoms with Gasteiger partial charge >= 0.3 is 0 Å². The zero-order valence-corrected chi connectivity index (χ0v) is 32.5. The van der Waals surface area contributed by atoms with Crippen LogP contribution < -0.4 is 0 Å². The van der Waals surface area contributed by atoms with E-state index in [1.807, 2.05) is 0 Å².